The molecule has 1 aromatic heterocycles. The molecule has 0 radical (unpaired) electrons. The van der Waals surface area contributed by atoms with Gasteiger partial charge in [0, 0.05) is 13.0 Å². The zero-order valence-electron chi connectivity index (χ0n) is 11.9. The molecule has 7 nitrogen and oxygen atoms in total. The number of nitrogens with zero attached hydrogens (tertiary/aromatic N) is 3. The summed E-state index contributed by atoms with van der Waals surface area (Å²) < 4.78 is 41.3. The summed E-state index contributed by atoms with van der Waals surface area (Å²) in [5.41, 5.74) is 2.27. The molecule has 0 aliphatic carbocycles. The molecule has 0 aliphatic heterocycles. The normalized spacial score (nSPS) is 11.6. The number of hydrazine groups is 1. The van der Waals surface area contributed by atoms with Crippen molar-refractivity contribution < 1.29 is 17.9 Å². The van der Waals surface area contributed by atoms with Crippen LogP contribution >= 0.6 is 0 Å². The van der Waals surface area contributed by atoms with Gasteiger partial charge in [-0.3, -0.25) is 5.43 Å². The third kappa shape index (κ3) is 7.49. The van der Waals surface area contributed by atoms with Gasteiger partial charge < -0.3 is 10.1 Å². The highest BCUT2D eigenvalue weighted by Gasteiger charge is 2.25. The zero-order valence-corrected chi connectivity index (χ0v) is 11.9. The molecule has 0 spiro atoms. The molecule has 21 heavy (non-hydrogen) atoms. The predicted octanol–water partition coefficient (Wildman–Crippen LogP) is 2.09. The Morgan fingerprint density at radius 1 is 1.14 bits per heavy atom. The molecular weight excluding hydrogens is 289 g/mol. The van der Waals surface area contributed by atoms with E-state index in [4.69, 9.17) is 10.6 Å². The van der Waals surface area contributed by atoms with Crippen LogP contribution < -0.4 is 21.3 Å². The van der Waals surface area contributed by atoms with Crippen molar-refractivity contribution in [2.45, 2.75) is 45.4 Å². The Bertz CT molecular complexity index is 440. The predicted molar refractivity (Wildman–Crippen MR) is 71.8 cm³/mol. The molecule has 0 atom stereocenters. The first-order valence-corrected chi connectivity index (χ1v) is 6.50. The summed E-state index contributed by atoms with van der Waals surface area (Å²) >= 11 is 0. The van der Waals surface area contributed by atoms with Crippen molar-refractivity contribution in [2.24, 2.45) is 5.84 Å². The zero-order chi connectivity index (χ0) is 15.9. The molecule has 10 heteroatoms. The number of ether oxygens (including phenoxy) is 1. The van der Waals surface area contributed by atoms with Gasteiger partial charge in [0.2, 0.25) is 11.9 Å². The maximum absolute atomic E-state index is 12.0. The molecule has 4 N–H and O–H groups in total. The smallest absolute Gasteiger partial charge is 0.389 e. The molecule has 0 saturated carbocycles. The minimum absolute atomic E-state index is 0.0406. The van der Waals surface area contributed by atoms with Gasteiger partial charge in [-0.2, -0.15) is 28.1 Å². The van der Waals surface area contributed by atoms with Gasteiger partial charge in [-0.1, -0.05) is 0 Å². The van der Waals surface area contributed by atoms with Gasteiger partial charge in [0.25, 0.3) is 0 Å². The fourth-order valence-corrected chi connectivity index (χ4v) is 1.41. The SMILES string of the molecule is CC(C)Oc1nc(NN)nc(NCCCCC(F)(F)F)n1. The second-order valence-electron chi connectivity index (χ2n) is 4.58. The average molecular weight is 308 g/mol. The number of rotatable bonds is 8. The number of nitrogens with two attached hydrogens (primary N) is 1. The summed E-state index contributed by atoms with van der Waals surface area (Å²) in [4.78, 5) is 11.8. The van der Waals surface area contributed by atoms with Crippen LogP contribution in [0.3, 0.4) is 0 Å². The Hall–Kier alpha value is -1.84. The van der Waals surface area contributed by atoms with E-state index < -0.39 is 12.6 Å². The fourth-order valence-electron chi connectivity index (χ4n) is 1.41. The number of aromatic nitrogens is 3. The second kappa shape index (κ2) is 7.81. The average Bonchev–Trinajstić information content (AvgIpc) is 2.35. The van der Waals surface area contributed by atoms with E-state index in [0.29, 0.717) is 13.0 Å². The summed E-state index contributed by atoms with van der Waals surface area (Å²) in [5, 5.41) is 2.81. The van der Waals surface area contributed by atoms with E-state index in [1.165, 1.54) is 0 Å². The number of hydrogen-bond donors (Lipinski definition) is 3. The molecule has 0 saturated heterocycles. The van der Waals surface area contributed by atoms with Gasteiger partial charge in [-0.15, -0.1) is 0 Å². The van der Waals surface area contributed by atoms with Crippen molar-refractivity contribution in [1.29, 1.82) is 0 Å². The molecule has 0 aromatic carbocycles. The van der Waals surface area contributed by atoms with Gasteiger partial charge >= 0.3 is 12.2 Å². The number of anilines is 2. The first-order chi connectivity index (χ1) is 9.80. The Balaban J connectivity index is 2.50. The van der Waals surface area contributed by atoms with Crippen LogP contribution in [-0.2, 0) is 0 Å². The third-order valence-electron chi connectivity index (χ3n) is 2.26. The van der Waals surface area contributed by atoms with E-state index in [2.05, 4.69) is 25.7 Å². The summed E-state index contributed by atoms with van der Waals surface area (Å²) in [6.07, 6.45) is -4.67. The van der Waals surface area contributed by atoms with Crippen LogP contribution in [-0.4, -0.2) is 33.8 Å². The van der Waals surface area contributed by atoms with Crippen molar-refractivity contribution in [3.63, 3.8) is 0 Å². The minimum Gasteiger partial charge on any atom is -0.461 e. The van der Waals surface area contributed by atoms with Crippen molar-refractivity contribution in [3.8, 4) is 6.01 Å². The molecule has 1 rings (SSSR count). The lowest BCUT2D eigenvalue weighted by molar-refractivity contribution is -0.135. The first-order valence-electron chi connectivity index (χ1n) is 6.50. The summed E-state index contributed by atoms with van der Waals surface area (Å²) in [6.45, 7) is 3.93. The van der Waals surface area contributed by atoms with E-state index in [1.54, 1.807) is 0 Å². The Morgan fingerprint density at radius 2 is 1.81 bits per heavy atom. The minimum atomic E-state index is -4.12. The van der Waals surface area contributed by atoms with Crippen molar-refractivity contribution >= 4 is 11.9 Å². The van der Waals surface area contributed by atoms with Crippen molar-refractivity contribution in [1.82, 2.24) is 15.0 Å². The Morgan fingerprint density at radius 3 is 2.38 bits per heavy atom. The summed E-state index contributed by atoms with van der Waals surface area (Å²) in [6, 6.07) is 0.0886. The van der Waals surface area contributed by atoms with Crippen LogP contribution in [0.4, 0.5) is 25.1 Å². The largest absolute Gasteiger partial charge is 0.461 e. The first kappa shape index (κ1) is 17.2. The maximum atomic E-state index is 12.0. The van der Waals surface area contributed by atoms with Crippen molar-refractivity contribution in [2.75, 3.05) is 17.3 Å². The van der Waals surface area contributed by atoms with Crippen LogP contribution in [0.2, 0.25) is 0 Å². The quantitative estimate of drug-likeness (QED) is 0.384. The third-order valence-corrected chi connectivity index (χ3v) is 2.26. The van der Waals surface area contributed by atoms with E-state index >= 15 is 0 Å². The Kier molecular flexibility index (Phi) is 6.40. The lowest BCUT2D eigenvalue weighted by Crippen LogP contribution is -2.16. The molecule has 0 amide bonds. The molecule has 0 unspecified atom stereocenters. The van der Waals surface area contributed by atoms with Gasteiger partial charge in [0.1, 0.15) is 0 Å². The van der Waals surface area contributed by atoms with Crippen LogP contribution in [0.5, 0.6) is 6.01 Å². The van der Waals surface area contributed by atoms with Crippen LogP contribution in [0.1, 0.15) is 33.1 Å². The van der Waals surface area contributed by atoms with E-state index in [-0.39, 0.29) is 30.4 Å². The number of hydrogen-bond acceptors (Lipinski definition) is 7. The standard InChI is InChI=1S/C11H19F3N6O/c1-7(2)21-10-18-8(17-9(19-10)20-15)16-6-4-3-5-11(12,13)14/h7H,3-6,15H2,1-2H3,(H2,16,17,18,19,20). The molecule has 120 valence electrons. The number of nitrogen functional groups attached to an aromatic ring is 1. The highest BCUT2D eigenvalue weighted by atomic mass is 19.4. The van der Waals surface area contributed by atoms with E-state index in [0.717, 1.165) is 0 Å². The summed E-state index contributed by atoms with van der Waals surface area (Å²) in [7, 11) is 0. The van der Waals surface area contributed by atoms with Crippen LogP contribution in [0.15, 0.2) is 0 Å². The lowest BCUT2D eigenvalue weighted by atomic mass is 10.2. The number of unbranched alkanes of at least 4 members (excludes halogenated alkanes) is 1. The van der Waals surface area contributed by atoms with Crippen LogP contribution in [0, 0.1) is 0 Å². The van der Waals surface area contributed by atoms with Gasteiger partial charge in [0.05, 0.1) is 6.10 Å². The molecule has 1 heterocycles. The van der Waals surface area contributed by atoms with Crippen LogP contribution in [0.25, 0.3) is 0 Å². The van der Waals surface area contributed by atoms with E-state index in [1.807, 2.05) is 13.8 Å². The Labute approximate surface area is 120 Å². The second-order valence-corrected chi connectivity index (χ2v) is 4.58. The van der Waals surface area contributed by atoms with Gasteiger partial charge in [-0.05, 0) is 26.7 Å². The highest BCUT2D eigenvalue weighted by Crippen LogP contribution is 2.22. The maximum Gasteiger partial charge on any atom is 0.389 e. The van der Waals surface area contributed by atoms with Crippen molar-refractivity contribution in [3.05, 3.63) is 0 Å². The highest BCUT2D eigenvalue weighted by molar-refractivity contribution is 5.34. The monoisotopic (exact) mass is 308 g/mol. The molecule has 0 bridgehead atoms. The number of nitrogens with one attached hydrogen (secondary N) is 2. The van der Waals surface area contributed by atoms with Gasteiger partial charge in [-0.25, -0.2) is 5.84 Å². The number of halogens is 3. The summed E-state index contributed by atoms with van der Waals surface area (Å²) in [5.74, 6) is 5.54. The molecule has 0 aliphatic rings. The topological polar surface area (TPSA) is 98.0 Å². The molecular formula is C11H19F3N6O. The molecule has 1 aromatic rings. The lowest BCUT2D eigenvalue weighted by Gasteiger charge is -2.11. The molecule has 0 fully saturated rings. The number of alkyl halides is 3. The fraction of sp³-hybridized carbons (Fsp3) is 0.727. The van der Waals surface area contributed by atoms with Gasteiger partial charge in [0.15, 0.2) is 0 Å². The van der Waals surface area contributed by atoms with E-state index in [9.17, 15) is 13.2 Å².